The Labute approximate surface area is 122 Å². The van der Waals surface area contributed by atoms with Gasteiger partial charge in [-0.25, -0.2) is 0 Å². The van der Waals surface area contributed by atoms with Crippen molar-refractivity contribution in [3.8, 4) is 6.07 Å². The van der Waals surface area contributed by atoms with Crippen molar-refractivity contribution in [2.24, 2.45) is 29.1 Å². The summed E-state index contributed by atoms with van der Waals surface area (Å²) in [6.07, 6.45) is 8.52. The molecule has 3 heteroatoms. The molecule has 0 aromatic carbocycles. The lowest BCUT2D eigenvalue weighted by molar-refractivity contribution is -0.0802. The normalized spacial score (nSPS) is 45.2. The average molecular weight is 273 g/mol. The fraction of sp³-hybridized carbons (Fsp3) is 0.941. The van der Waals surface area contributed by atoms with Crippen LogP contribution >= 0.6 is 0 Å². The van der Waals surface area contributed by atoms with Gasteiger partial charge in [-0.1, -0.05) is 0 Å². The smallest absolute Gasteiger partial charge is 0.0675 e. The van der Waals surface area contributed by atoms with E-state index in [2.05, 4.69) is 16.3 Å². The Morgan fingerprint density at radius 2 is 1.60 bits per heavy atom. The molecule has 1 heterocycles. The van der Waals surface area contributed by atoms with Crippen molar-refractivity contribution in [3.05, 3.63) is 0 Å². The van der Waals surface area contributed by atoms with Gasteiger partial charge in [0, 0.05) is 32.7 Å². The monoisotopic (exact) mass is 273 g/mol. The van der Waals surface area contributed by atoms with Gasteiger partial charge < -0.3 is 5.32 Å². The molecule has 1 aliphatic heterocycles. The third-order valence-electron chi connectivity index (χ3n) is 6.63. The SMILES string of the molecule is N#CC(CN1CCNCC1)C12CC3CC(CC(C3)C1)C2. The first-order valence-electron chi connectivity index (χ1n) is 8.60. The summed E-state index contributed by atoms with van der Waals surface area (Å²) in [7, 11) is 0. The minimum Gasteiger partial charge on any atom is -0.314 e. The first kappa shape index (κ1) is 13.1. The summed E-state index contributed by atoms with van der Waals surface area (Å²) in [6.45, 7) is 5.48. The molecule has 1 N–H and O–H groups in total. The molecule has 1 saturated heterocycles. The molecule has 4 aliphatic carbocycles. The molecule has 5 aliphatic rings. The second-order valence-electron chi connectivity index (χ2n) is 8.01. The molecule has 3 nitrogen and oxygen atoms in total. The highest BCUT2D eigenvalue weighted by Gasteiger charge is 2.54. The van der Waals surface area contributed by atoms with Crippen LogP contribution in [0.1, 0.15) is 38.5 Å². The highest BCUT2D eigenvalue weighted by Crippen LogP contribution is 2.62. The lowest BCUT2D eigenvalue weighted by Gasteiger charge is -2.58. The Hall–Kier alpha value is -0.590. The highest BCUT2D eigenvalue weighted by molar-refractivity contribution is 5.09. The van der Waals surface area contributed by atoms with Gasteiger partial charge in [-0.2, -0.15) is 5.26 Å². The van der Waals surface area contributed by atoms with E-state index in [1.165, 1.54) is 38.5 Å². The maximum atomic E-state index is 9.82. The summed E-state index contributed by atoms with van der Waals surface area (Å²) in [6, 6.07) is 2.74. The molecule has 5 fully saturated rings. The van der Waals surface area contributed by atoms with E-state index in [1.807, 2.05) is 0 Å². The van der Waals surface area contributed by atoms with E-state index >= 15 is 0 Å². The Kier molecular flexibility index (Phi) is 3.27. The van der Waals surface area contributed by atoms with E-state index < -0.39 is 0 Å². The van der Waals surface area contributed by atoms with E-state index in [1.54, 1.807) is 0 Å². The zero-order valence-electron chi connectivity index (χ0n) is 12.5. The van der Waals surface area contributed by atoms with Crippen molar-refractivity contribution in [1.29, 1.82) is 5.26 Å². The Balaban J connectivity index is 1.50. The molecule has 1 unspecified atom stereocenters. The number of nitrogens with one attached hydrogen (secondary N) is 1. The van der Waals surface area contributed by atoms with Crippen LogP contribution in [0.2, 0.25) is 0 Å². The fourth-order valence-corrected chi connectivity index (χ4v) is 6.13. The molecule has 5 rings (SSSR count). The van der Waals surface area contributed by atoms with Gasteiger partial charge in [0.15, 0.2) is 0 Å². The number of piperazine rings is 1. The number of rotatable bonds is 3. The van der Waals surface area contributed by atoms with Crippen LogP contribution in [-0.4, -0.2) is 37.6 Å². The average Bonchev–Trinajstić information content (AvgIpc) is 2.44. The molecule has 0 radical (unpaired) electrons. The van der Waals surface area contributed by atoms with Crippen LogP contribution < -0.4 is 5.32 Å². The van der Waals surface area contributed by atoms with Crippen LogP contribution in [0, 0.1) is 40.4 Å². The van der Waals surface area contributed by atoms with Gasteiger partial charge in [0.05, 0.1) is 12.0 Å². The fourth-order valence-electron chi connectivity index (χ4n) is 6.13. The summed E-state index contributed by atoms with van der Waals surface area (Å²) in [5.74, 6) is 3.16. The Morgan fingerprint density at radius 3 is 2.10 bits per heavy atom. The van der Waals surface area contributed by atoms with Gasteiger partial charge in [0.1, 0.15) is 0 Å². The summed E-state index contributed by atoms with van der Waals surface area (Å²) in [5.41, 5.74) is 0.397. The lowest BCUT2D eigenvalue weighted by atomic mass is 9.46. The predicted octanol–water partition coefficient (Wildman–Crippen LogP) is 2.25. The molecular formula is C17H27N3. The molecule has 20 heavy (non-hydrogen) atoms. The van der Waals surface area contributed by atoms with E-state index in [0.29, 0.717) is 5.41 Å². The van der Waals surface area contributed by atoms with Gasteiger partial charge in [0.25, 0.3) is 0 Å². The first-order chi connectivity index (χ1) is 9.77. The standard InChI is InChI=1S/C17H27N3/c18-11-16(12-20-3-1-19-2-4-20)17-8-13-5-14(9-17)7-15(6-13)10-17/h13-16,19H,1-10,12H2. The van der Waals surface area contributed by atoms with Crippen molar-refractivity contribution in [2.75, 3.05) is 32.7 Å². The lowest BCUT2D eigenvalue weighted by Crippen LogP contribution is -2.53. The third kappa shape index (κ3) is 2.18. The maximum absolute atomic E-state index is 9.82. The summed E-state index contributed by atoms with van der Waals surface area (Å²) >= 11 is 0. The number of nitriles is 1. The van der Waals surface area contributed by atoms with Gasteiger partial charge in [-0.15, -0.1) is 0 Å². The number of nitrogens with zero attached hydrogens (tertiary/aromatic N) is 2. The number of hydrogen-bond acceptors (Lipinski definition) is 3. The summed E-state index contributed by atoms with van der Waals surface area (Å²) in [5, 5.41) is 13.2. The van der Waals surface area contributed by atoms with E-state index in [0.717, 1.165) is 50.5 Å². The van der Waals surface area contributed by atoms with Crippen molar-refractivity contribution < 1.29 is 0 Å². The van der Waals surface area contributed by atoms with Crippen LogP contribution in [0.4, 0.5) is 0 Å². The largest absolute Gasteiger partial charge is 0.314 e. The van der Waals surface area contributed by atoms with E-state index in [-0.39, 0.29) is 5.92 Å². The quantitative estimate of drug-likeness (QED) is 0.857. The molecule has 1 atom stereocenters. The molecule has 0 spiro atoms. The topological polar surface area (TPSA) is 39.1 Å². The Morgan fingerprint density at radius 1 is 1.05 bits per heavy atom. The van der Waals surface area contributed by atoms with Crippen molar-refractivity contribution in [3.63, 3.8) is 0 Å². The van der Waals surface area contributed by atoms with Gasteiger partial charge >= 0.3 is 0 Å². The van der Waals surface area contributed by atoms with Crippen LogP contribution in [-0.2, 0) is 0 Å². The second kappa shape index (κ2) is 5.00. The molecule has 0 aromatic heterocycles. The van der Waals surface area contributed by atoms with Gasteiger partial charge in [-0.3, -0.25) is 4.90 Å². The third-order valence-corrected chi connectivity index (χ3v) is 6.63. The Bertz CT molecular complexity index is 370. The van der Waals surface area contributed by atoms with Crippen LogP contribution in [0.5, 0.6) is 0 Å². The maximum Gasteiger partial charge on any atom is 0.0675 e. The minimum atomic E-state index is 0.286. The molecule has 110 valence electrons. The van der Waals surface area contributed by atoms with Crippen LogP contribution in [0.3, 0.4) is 0 Å². The second-order valence-corrected chi connectivity index (χ2v) is 8.01. The van der Waals surface area contributed by atoms with Crippen LogP contribution in [0.25, 0.3) is 0 Å². The van der Waals surface area contributed by atoms with Crippen LogP contribution in [0.15, 0.2) is 0 Å². The zero-order chi connectivity index (χ0) is 13.6. The minimum absolute atomic E-state index is 0.286. The molecule has 4 saturated carbocycles. The van der Waals surface area contributed by atoms with Crippen molar-refractivity contribution >= 4 is 0 Å². The summed E-state index contributed by atoms with van der Waals surface area (Å²) in [4.78, 5) is 2.53. The molecule has 0 aromatic rings. The molecular weight excluding hydrogens is 246 g/mol. The number of hydrogen-bond donors (Lipinski definition) is 1. The van der Waals surface area contributed by atoms with E-state index in [9.17, 15) is 5.26 Å². The summed E-state index contributed by atoms with van der Waals surface area (Å²) < 4.78 is 0. The van der Waals surface area contributed by atoms with Gasteiger partial charge in [-0.05, 0) is 61.7 Å². The zero-order valence-corrected chi connectivity index (χ0v) is 12.5. The van der Waals surface area contributed by atoms with Crippen molar-refractivity contribution in [2.45, 2.75) is 38.5 Å². The van der Waals surface area contributed by atoms with Gasteiger partial charge in [0.2, 0.25) is 0 Å². The highest BCUT2D eigenvalue weighted by atomic mass is 15.2. The molecule has 4 bridgehead atoms. The van der Waals surface area contributed by atoms with Crippen molar-refractivity contribution in [1.82, 2.24) is 10.2 Å². The molecule has 0 amide bonds. The predicted molar refractivity (Wildman–Crippen MR) is 79.0 cm³/mol. The first-order valence-corrected chi connectivity index (χ1v) is 8.60. The van der Waals surface area contributed by atoms with E-state index in [4.69, 9.17) is 0 Å².